The number of fused-ring (bicyclic) bond motifs is 1. The molecule has 0 aromatic carbocycles. The number of rotatable bonds is 4. The summed E-state index contributed by atoms with van der Waals surface area (Å²) < 4.78 is 10.4. The standard InChI is InChI=1S/C13H13N7O2/c1-3-22-11-9-10(19-12(14)20-11)15-6-8(18-9)7-4-16-13(21-2)17-5-7/h4-6H,3H2,1-2H3,(H2,14,15,19,20). The number of hydrogen-bond acceptors (Lipinski definition) is 9. The number of ether oxygens (including phenoxy) is 2. The largest absolute Gasteiger partial charge is 0.476 e. The van der Waals surface area contributed by atoms with Crippen molar-refractivity contribution < 1.29 is 9.47 Å². The molecule has 0 spiro atoms. The Bertz CT molecular complexity index is 807. The molecule has 2 N–H and O–H groups in total. The van der Waals surface area contributed by atoms with Gasteiger partial charge in [-0.1, -0.05) is 0 Å². The minimum Gasteiger partial charge on any atom is -0.476 e. The summed E-state index contributed by atoms with van der Waals surface area (Å²) in [4.78, 5) is 24.9. The molecule has 0 aliphatic heterocycles. The van der Waals surface area contributed by atoms with Gasteiger partial charge < -0.3 is 15.2 Å². The molecule has 0 bridgehead atoms. The van der Waals surface area contributed by atoms with Gasteiger partial charge in [-0.05, 0) is 6.92 Å². The summed E-state index contributed by atoms with van der Waals surface area (Å²) in [6.07, 6.45) is 4.76. The van der Waals surface area contributed by atoms with Gasteiger partial charge in [0.2, 0.25) is 11.8 Å². The summed E-state index contributed by atoms with van der Waals surface area (Å²) in [5.74, 6) is 0.388. The number of nitrogens with two attached hydrogens (primary N) is 1. The molecular formula is C13H13N7O2. The molecular weight excluding hydrogens is 286 g/mol. The van der Waals surface area contributed by atoms with Crippen molar-refractivity contribution in [3.63, 3.8) is 0 Å². The van der Waals surface area contributed by atoms with Crippen LogP contribution in [0.4, 0.5) is 5.95 Å². The highest BCUT2D eigenvalue weighted by Crippen LogP contribution is 2.23. The fraction of sp³-hybridized carbons (Fsp3) is 0.231. The van der Waals surface area contributed by atoms with E-state index in [1.807, 2.05) is 6.92 Å². The SMILES string of the molecule is CCOc1nc(N)nc2ncc(-c3cnc(OC)nc3)nc12. The average molecular weight is 299 g/mol. The topological polar surface area (TPSA) is 122 Å². The molecule has 0 saturated carbocycles. The lowest BCUT2D eigenvalue weighted by molar-refractivity contribution is 0.330. The van der Waals surface area contributed by atoms with Crippen LogP contribution in [-0.4, -0.2) is 43.6 Å². The first-order valence-electron chi connectivity index (χ1n) is 6.50. The monoisotopic (exact) mass is 299 g/mol. The molecule has 22 heavy (non-hydrogen) atoms. The van der Waals surface area contributed by atoms with Crippen molar-refractivity contribution in [1.82, 2.24) is 29.9 Å². The molecule has 9 nitrogen and oxygen atoms in total. The Morgan fingerprint density at radius 2 is 1.82 bits per heavy atom. The van der Waals surface area contributed by atoms with E-state index in [1.165, 1.54) is 7.11 Å². The summed E-state index contributed by atoms with van der Waals surface area (Å²) >= 11 is 0. The number of methoxy groups -OCH3 is 1. The highest BCUT2D eigenvalue weighted by molar-refractivity contribution is 5.79. The summed E-state index contributed by atoms with van der Waals surface area (Å²) in [7, 11) is 1.50. The van der Waals surface area contributed by atoms with Crippen LogP contribution < -0.4 is 15.2 Å². The van der Waals surface area contributed by atoms with E-state index in [2.05, 4.69) is 29.9 Å². The quantitative estimate of drug-likeness (QED) is 0.747. The number of hydrogen-bond donors (Lipinski definition) is 1. The smallest absolute Gasteiger partial charge is 0.316 e. The van der Waals surface area contributed by atoms with E-state index in [-0.39, 0.29) is 12.0 Å². The van der Waals surface area contributed by atoms with Gasteiger partial charge in [0.05, 0.1) is 25.6 Å². The van der Waals surface area contributed by atoms with Gasteiger partial charge in [0, 0.05) is 18.0 Å². The molecule has 0 amide bonds. The minimum atomic E-state index is 0.0887. The number of nitrogens with zero attached hydrogens (tertiary/aromatic N) is 6. The molecule has 9 heteroatoms. The van der Waals surface area contributed by atoms with Crippen LogP contribution in [0.3, 0.4) is 0 Å². The Kier molecular flexibility index (Phi) is 3.60. The molecule has 0 unspecified atom stereocenters. The Labute approximate surface area is 125 Å². The summed E-state index contributed by atoms with van der Waals surface area (Å²) in [5.41, 5.74) is 7.70. The Morgan fingerprint density at radius 3 is 2.50 bits per heavy atom. The van der Waals surface area contributed by atoms with Gasteiger partial charge in [-0.2, -0.15) is 9.97 Å². The van der Waals surface area contributed by atoms with E-state index in [1.54, 1.807) is 18.6 Å². The van der Waals surface area contributed by atoms with Crippen molar-refractivity contribution in [2.24, 2.45) is 0 Å². The highest BCUT2D eigenvalue weighted by Gasteiger charge is 2.12. The molecule has 0 aliphatic rings. The first-order valence-corrected chi connectivity index (χ1v) is 6.50. The van der Waals surface area contributed by atoms with Gasteiger partial charge in [-0.25, -0.2) is 19.9 Å². The molecule has 0 aliphatic carbocycles. The lowest BCUT2D eigenvalue weighted by Gasteiger charge is -2.07. The zero-order chi connectivity index (χ0) is 15.5. The fourth-order valence-electron chi connectivity index (χ4n) is 1.83. The summed E-state index contributed by atoms with van der Waals surface area (Å²) in [5, 5.41) is 0. The Hall–Kier alpha value is -3.10. The van der Waals surface area contributed by atoms with Gasteiger partial charge >= 0.3 is 6.01 Å². The number of anilines is 1. The van der Waals surface area contributed by atoms with Crippen molar-refractivity contribution in [1.29, 1.82) is 0 Å². The molecule has 0 fully saturated rings. The fourth-order valence-corrected chi connectivity index (χ4v) is 1.83. The van der Waals surface area contributed by atoms with Crippen molar-refractivity contribution >= 4 is 17.1 Å². The van der Waals surface area contributed by atoms with E-state index in [0.29, 0.717) is 34.9 Å². The molecule has 3 heterocycles. The lowest BCUT2D eigenvalue weighted by Crippen LogP contribution is -2.04. The van der Waals surface area contributed by atoms with E-state index >= 15 is 0 Å². The predicted molar refractivity (Wildman–Crippen MR) is 78.3 cm³/mol. The predicted octanol–water partition coefficient (Wildman–Crippen LogP) is 0.866. The minimum absolute atomic E-state index is 0.0887. The second-order valence-electron chi connectivity index (χ2n) is 4.21. The van der Waals surface area contributed by atoms with E-state index in [9.17, 15) is 0 Å². The normalized spacial score (nSPS) is 10.6. The van der Waals surface area contributed by atoms with Gasteiger partial charge in [-0.3, -0.25) is 0 Å². The van der Waals surface area contributed by atoms with Crippen LogP contribution in [0.2, 0.25) is 0 Å². The highest BCUT2D eigenvalue weighted by atomic mass is 16.5. The van der Waals surface area contributed by atoms with Crippen LogP contribution in [0.15, 0.2) is 18.6 Å². The zero-order valence-corrected chi connectivity index (χ0v) is 12.0. The Balaban J connectivity index is 2.11. The maximum atomic E-state index is 5.63. The van der Waals surface area contributed by atoms with Crippen LogP contribution in [0.1, 0.15) is 6.92 Å². The third-order valence-electron chi connectivity index (χ3n) is 2.78. The first-order chi connectivity index (χ1) is 10.7. The van der Waals surface area contributed by atoms with Gasteiger partial charge in [0.1, 0.15) is 0 Å². The molecule has 0 saturated heterocycles. The van der Waals surface area contributed by atoms with Crippen molar-refractivity contribution in [3.05, 3.63) is 18.6 Å². The van der Waals surface area contributed by atoms with Crippen molar-refractivity contribution in [2.45, 2.75) is 6.92 Å². The Morgan fingerprint density at radius 1 is 1.05 bits per heavy atom. The van der Waals surface area contributed by atoms with Crippen molar-refractivity contribution in [2.75, 3.05) is 19.5 Å². The third-order valence-corrected chi connectivity index (χ3v) is 2.78. The maximum absolute atomic E-state index is 5.63. The van der Waals surface area contributed by atoms with Crippen LogP contribution in [0.25, 0.3) is 22.4 Å². The van der Waals surface area contributed by atoms with Crippen LogP contribution in [-0.2, 0) is 0 Å². The molecule has 112 valence electrons. The van der Waals surface area contributed by atoms with E-state index < -0.39 is 0 Å². The third kappa shape index (κ3) is 2.55. The van der Waals surface area contributed by atoms with Gasteiger partial charge in [-0.15, -0.1) is 0 Å². The summed E-state index contributed by atoms with van der Waals surface area (Å²) in [6.45, 7) is 2.28. The van der Waals surface area contributed by atoms with Crippen LogP contribution in [0, 0.1) is 0 Å². The molecule has 0 radical (unpaired) electrons. The molecule has 3 aromatic rings. The van der Waals surface area contributed by atoms with Gasteiger partial charge in [0.25, 0.3) is 0 Å². The van der Waals surface area contributed by atoms with E-state index in [0.717, 1.165) is 0 Å². The average Bonchev–Trinajstić information content (AvgIpc) is 2.55. The van der Waals surface area contributed by atoms with Crippen molar-refractivity contribution in [3.8, 4) is 23.1 Å². The second-order valence-corrected chi connectivity index (χ2v) is 4.21. The second kappa shape index (κ2) is 5.72. The first kappa shape index (κ1) is 13.9. The van der Waals surface area contributed by atoms with Crippen LogP contribution in [0.5, 0.6) is 11.9 Å². The maximum Gasteiger partial charge on any atom is 0.316 e. The molecule has 0 atom stereocenters. The van der Waals surface area contributed by atoms with Gasteiger partial charge in [0.15, 0.2) is 11.2 Å². The summed E-state index contributed by atoms with van der Waals surface area (Å²) in [6, 6.07) is 0.281. The molecule has 3 aromatic heterocycles. The number of aromatic nitrogens is 6. The zero-order valence-electron chi connectivity index (χ0n) is 12.0. The van der Waals surface area contributed by atoms with Crippen LogP contribution >= 0.6 is 0 Å². The lowest BCUT2D eigenvalue weighted by atomic mass is 10.2. The van der Waals surface area contributed by atoms with E-state index in [4.69, 9.17) is 15.2 Å². The molecule has 3 rings (SSSR count). The number of nitrogen functional groups attached to an aromatic ring is 1.